The largest absolute Gasteiger partial charge is 0.376 e. The Morgan fingerprint density at radius 2 is 2.18 bits per heavy atom. The van der Waals surface area contributed by atoms with Gasteiger partial charge in [-0.25, -0.2) is 9.07 Å². The highest BCUT2D eigenvalue weighted by Gasteiger charge is 2.26. The molecule has 1 saturated heterocycles. The van der Waals surface area contributed by atoms with Gasteiger partial charge < -0.3 is 15.4 Å². The zero-order valence-corrected chi connectivity index (χ0v) is 16.1. The van der Waals surface area contributed by atoms with Crippen LogP contribution in [-0.4, -0.2) is 40.9 Å². The molecule has 4 rings (SSSR count). The van der Waals surface area contributed by atoms with Gasteiger partial charge in [0, 0.05) is 30.2 Å². The van der Waals surface area contributed by atoms with E-state index in [1.807, 2.05) is 0 Å². The summed E-state index contributed by atoms with van der Waals surface area (Å²) >= 11 is 1.69. The predicted octanol–water partition coefficient (Wildman–Crippen LogP) is 2.32. The lowest BCUT2D eigenvalue weighted by atomic mass is 10.2. The molecular weight excluding hydrogens is 383 g/mol. The van der Waals surface area contributed by atoms with Crippen LogP contribution in [0.2, 0.25) is 0 Å². The fraction of sp³-hybridized carbons (Fsp3) is 0.421. The van der Waals surface area contributed by atoms with Crippen LogP contribution in [0, 0.1) is 5.82 Å². The monoisotopic (exact) mass is 404 g/mol. The maximum Gasteiger partial charge on any atom is 0.259 e. The molecule has 148 valence electrons. The van der Waals surface area contributed by atoms with E-state index in [2.05, 4.69) is 15.7 Å². The van der Waals surface area contributed by atoms with Crippen LogP contribution in [0.5, 0.6) is 0 Å². The van der Waals surface area contributed by atoms with Crippen molar-refractivity contribution in [2.75, 3.05) is 18.5 Å². The van der Waals surface area contributed by atoms with Crippen molar-refractivity contribution in [3.8, 4) is 0 Å². The van der Waals surface area contributed by atoms with Crippen molar-refractivity contribution in [2.24, 2.45) is 0 Å². The van der Waals surface area contributed by atoms with Crippen molar-refractivity contribution < 1.29 is 18.7 Å². The highest BCUT2D eigenvalue weighted by atomic mass is 32.2. The summed E-state index contributed by atoms with van der Waals surface area (Å²) in [7, 11) is 0. The van der Waals surface area contributed by atoms with Crippen molar-refractivity contribution in [1.29, 1.82) is 0 Å². The minimum absolute atomic E-state index is 0.0166. The molecule has 7 nitrogen and oxygen atoms in total. The van der Waals surface area contributed by atoms with Crippen molar-refractivity contribution in [2.45, 2.75) is 37.0 Å². The Morgan fingerprint density at radius 1 is 1.32 bits per heavy atom. The summed E-state index contributed by atoms with van der Waals surface area (Å²) < 4.78 is 20.9. The number of amides is 2. The van der Waals surface area contributed by atoms with Crippen LogP contribution in [-0.2, 0) is 27.6 Å². The number of benzene rings is 1. The molecule has 0 spiro atoms. The number of ether oxygens (including phenoxy) is 1. The second kappa shape index (κ2) is 8.32. The second-order valence-corrected chi connectivity index (χ2v) is 7.78. The van der Waals surface area contributed by atoms with Crippen LogP contribution in [0.25, 0.3) is 0 Å². The highest BCUT2D eigenvalue weighted by molar-refractivity contribution is 7.98. The third-order valence-corrected chi connectivity index (χ3v) is 5.78. The number of carbonyl (C=O) groups excluding carboxylic acids is 2. The second-order valence-electron chi connectivity index (χ2n) is 6.80. The molecule has 0 aliphatic carbocycles. The highest BCUT2D eigenvalue weighted by Crippen LogP contribution is 2.35. The summed E-state index contributed by atoms with van der Waals surface area (Å²) in [5.74, 6) is 0.527. The number of hydrogen-bond donors (Lipinski definition) is 2. The Hall–Kier alpha value is -2.39. The lowest BCUT2D eigenvalue weighted by Crippen LogP contribution is -2.34. The molecule has 2 N–H and O–H groups in total. The van der Waals surface area contributed by atoms with Gasteiger partial charge in [0.25, 0.3) is 5.91 Å². The molecule has 28 heavy (non-hydrogen) atoms. The quantitative estimate of drug-likeness (QED) is 0.772. The molecule has 0 bridgehead atoms. The van der Waals surface area contributed by atoms with Crippen LogP contribution in [0.1, 0.15) is 34.5 Å². The molecule has 1 fully saturated rings. The maximum atomic E-state index is 13.9. The van der Waals surface area contributed by atoms with Gasteiger partial charge >= 0.3 is 0 Å². The van der Waals surface area contributed by atoms with Crippen LogP contribution >= 0.6 is 11.8 Å². The van der Waals surface area contributed by atoms with Gasteiger partial charge in [0.2, 0.25) is 5.91 Å². The number of anilines is 1. The van der Waals surface area contributed by atoms with E-state index in [4.69, 9.17) is 4.74 Å². The third kappa shape index (κ3) is 4.05. The van der Waals surface area contributed by atoms with E-state index in [1.54, 1.807) is 17.8 Å². The average molecular weight is 404 g/mol. The first-order chi connectivity index (χ1) is 13.6. The topological polar surface area (TPSA) is 85.2 Å². The molecule has 1 aromatic heterocycles. The summed E-state index contributed by atoms with van der Waals surface area (Å²) in [6, 6.07) is 5.80. The number of nitrogens with zero attached hydrogens (tertiary/aromatic N) is 2. The van der Waals surface area contributed by atoms with Crippen LogP contribution < -0.4 is 10.6 Å². The van der Waals surface area contributed by atoms with E-state index in [9.17, 15) is 14.0 Å². The fourth-order valence-corrected chi connectivity index (χ4v) is 4.40. The Kier molecular flexibility index (Phi) is 5.63. The number of rotatable bonds is 6. The summed E-state index contributed by atoms with van der Waals surface area (Å²) in [6.45, 7) is 1.18. The summed E-state index contributed by atoms with van der Waals surface area (Å²) in [5.41, 5.74) is 1.69. The van der Waals surface area contributed by atoms with E-state index in [0.29, 0.717) is 18.1 Å². The number of nitrogens with one attached hydrogen (secondary N) is 2. The van der Waals surface area contributed by atoms with E-state index < -0.39 is 11.7 Å². The number of hydrogen-bond acceptors (Lipinski definition) is 5. The number of carbonyl (C=O) groups is 2. The first-order valence-electron chi connectivity index (χ1n) is 9.22. The molecule has 1 aromatic carbocycles. The Labute approximate surface area is 166 Å². The van der Waals surface area contributed by atoms with Crippen molar-refractivity contribution in [1.82, 2.24) is 15.1 Å². The van der Waals surface area contributed by atoms with Crippen LogP contribution in [0.4, 0.5) is 10.2 Å². The van der Waals surface area contributed by atoms with Crippen LogP contribution in [0.3, 0.4) is 0 Å². The number of aromatic nitrogens is 2. The smallest absolute Gasteiger partial charge is 0.259 e. The zero-order chi connectivity index (χ0) is 19.5. The molecule has 2 aromatic rings. The minimum Gasteiger partial charge on any atom is -0.376 e. The summed E-state index contributed by atoms with van der Waals surface area (Å²) in [6.07, 6.45) is 2.01. The standard InChI is InChI=1S/C19H21FN4O3S/c20-15-6-2-1-5-13(15)19(26)22-18-14-10-28-11-16(14)23-24(18)9-17(25)21-8-12-4-3-7-27-12/h1-2,5-6,12H,3-4,7-11H2,(H,21,25)(H,22,26)/t12-/m1/s1. The first kappa shape index (κ1) is 18.9. The molecule has 0 radical (unpaired) electrons. The SMILES string of the molecule is O=C(Cn1nc2c(c1NC(=O)c1ccccc1F)CSC2)NC[C@H]1CCCO1. The van der Waals surface area contributed by atoms with Crippen molar-refractivity contribution in [3.05, 3.63) is 46.9 Å². The number of fused-ring (bicyclic) bond motifs is 1. The van der Waals surface area contributed by atoms with Gasteiger partial charge in [-0.1, -0.05) is 12.1 Å². The average Bonchev–Trinajstić information content (AvgIpc) is 3.40. The fourth-order valence-electron chi connectivity index (χ4n) is 3.37. The van der Waals surface area contributed by atoms with Crippen molar-refractivity contribution >= 4 is 29.4 Å². The number of halogens is 1. The summed E-state index contributed by atoms with van der Waals surface area (Å²) in [5, 5.41) is 10.1. The van der Waals surface area contributed by atoms with E-state index in [-0.39, 0.29) is 24.1 Å². The van der Waals surface area contributed by atoms with E-state index in [1.165, 1.54) is 22.9 Å². The van der Waals surface area contributed by atoms with Crippen molar-refractivity contribution in [3.63, 3.8) is 0 Å². The van der Waals surface area contributed by atoms with Gasteiger partial charge in [0.05, 0.1) is 17.4 Å². The first-order valence-corrected chi connectivity index (χ1v) is 10.4. The van der Waals surface area contributed by atoms with Gasteiger partial charge in [0.15, 0.2) is 0 Å². The minimum atomic E-state index is -0.591. The van der Waals surface area contributed by atoms with Gasteiger partial charge in [-0.2, -0.15) is 16.9 Å². The van der Waals surface area contributed by atoms with Gasteiger partial charge in [-0.05, 0) is 25.0 Å². The molecule has 3 heterocycles. The van der Waals surface area contributed by atoms with E-state index in [0.717, 1.165) is 36.5 Å². The Morgan fingerprint density at radius 3 is 2.96 bits per heavy atom. The molecule has 2 aliphatic rings. The third-order valence-electron chi connectivity index (χ3n) is 4.81. The molecule has 0 unspecified atom stereocenters. The molecular formula is C19H21FN4O3S. The van der Waals surface area contributed by atoms with Gasteiger partial charge in [-0.15, -0.1) is 0 Å². The lowest BCUT2D eigenvalue weighted by Gasteiger charge is -2.13. The Bertz CT molecular complexity index is 895. The lowest BCUT2D eigenvalue weighted by molar-refractivity contribution is -0.122. The van der Waals surface area contributed by atoms with Gasteiger partial charge in [0.1, 0.15) is 18.2 Å². The summed E-state index contributed by atoms with van der Waals surface area (Å²) in [4.78, 5) is 24.9. The molecule has 2 aliphatic heterocycles. The molecule has 0 saturated carbocycles. The van der Waals surface area contributed by atoms with Gasteiger partial charge in [-0.3, -0.25) is 9.59 Å². The number of thioether (sulfide) groups is 1. The predicted molar refractivity (Wildman–Crippen MR) is 104 cm³/mol. The molecule has 2 amide bonds. The maximum absolute atomic E-state index is 13.9. The zero-order valence-electron chi connectivity index (χ0n) is 15.2. The normalized spacial score (nSPS) is 18.1. The molecule has 9 heteroatoms. The Balaban J connectivity index is 1.48. The van der Waals surface area contributed by atoms with E-state index >= 15 is 0 Å². The molecule has 1 atom stereocenters. The van der Waals surface area contributed by atoms with Crippen LogP contribution in [0.15, 0.2) is 24.3 Å².